The molecule has 1 aliphatic heterocycles. The third kappa shape index (κ3) is 4.93. The van der Waals surface area contributed by atoms with Crippen molar-refractivity contribution in [2.24, 2.45) is 0 Å². The maximum absolute atomic E-state index is 12.8. The number of nitrogens with zero attached hydrogens (tertiary/aromatic N) is 4. The van der Waals surface area contributed by atoms with Gasteiger partial charge in [0.2, 0.25) is 5.91 Å². The van der Waals surface area contributed by atoms with Gasteiger partial charge < -0.3 is 14.8 Å². The summed E-state index contributed by atoms with van der Waals surface area (Å²) in [4.78, 5) is 36.2. The number of rotatable bonds is 6. The highest BCUT2D eigenvalue weighted by molar-refractivity contribution is 5.94. The molecule has 1 fully saturated rings. The van der Waals surface area contributed by atoms with E-state index < -0.39 is 0 Å². The molecule has 0 spiro atoms. The SMILES string of the molecule is CC(NC(=O)c1ccncc1)c1nc2ccccc2n1CCC(=O)N1CCCCCC1. The van der Waals surface area contributed by atoms with Gasteiger partial charge in [-0.2, -0.15) is 0 Å². The van der Waals surface area contributed by atoms with Crippen molar-refractivity contribution in [3.05, 3.63) is 60.2 Å². The number of carbonyl (C=O) groups excluding carboxylic acids is 2. The van der Waals surface area contributed by atoms with Gasteiger partial charge in [0.05, 0.1) is 17.1 Å². The molecule has 3 heterocycles. The average Bonchev–Trinajstić information content (AvgIpc) is 2.96. The minimum absolute atomic E-state index is 0.172. The molecular weight excluding hydrogens is 390 g/mol. The Morgan fingerprint density at radius 2 is 1.74 bits per heavy atom. The van der Waals surface area contributed by atoms with Crippen molar-refractivity contribution in [2.45, 2.75) is 51.6 Å². The second-order valence-electron chi connectivity index (χ2n) is 8.09. The summed E-state index contributed by atoms with van der Waals surface area (Å²) in [6.45, 7) is 4.18. The largest absolute Gasteiger partial charge is 0.343 e. The average molecular weight is 420 g/mol. The van der Waals surface area contributed by atoms with Crippen molar-refractivity contribution in [1.29, 1.82) is 0 Å². The lowest BCUT2D eigenvalue weighted by Gasteiger charge is -2.21. The van der Waals surface area contributed by atoms with Gasteiger partial charge in [0.25, 0.3) is 5.91 Å². The standard InChI is InChI=1S/C24H29N5O2/c1-18(26-24(31)19-10-13-25-14-11-19)23-27-20-8-4-5-9-21(20)29(23)17-12-22(30)28-15-6-2-3-7-16-28/h4-5,8-11,13-14,18H,2-3,6-7,12,15-17H2,1H3,(H,26,31). The zero-order chi connectivity index (χ0) is 21.6. The number of aryl methyl sites for hydroxylation is 1. The molecule has 0 radical (unpaired) electrons. The molecule has 1 aliphatic rings. The molecule has 1 saturated heterocycles. The van der Waals surface area contributed by atoms with Gasteiger partial charge in [0.15, 0.2) is 0 Å². The monoisotopic (exact) mass is 419 g/mol. The number of imidazole rings is 1. The predicted molar refractivity (Wildman–Crippen MR) is 120 cm³/mol. The van der Waals surface area contributed by atoms with Crippen molar-refractivity contribution < 1.29 is 9.59 Å². The minimum Gasteiger partial charge on any atom is -0.343 e. The fourth-order valence-corrected chi connectivity index (χ4v) is 4.19. The number of benzene rings is 1. The van der Waals surface area contributed by atoms with Crippen LogP contribution >= 0.6 is 0 Å². The number of fused-ring (bicyclic) bond motifs is 1. The Hall–Kier alpha value is -3.22. The second-order valence-corrected chi connectivity index (χ2v) is 8.09. The number of carbonyl (C=O) groups is 2. The highest BCUT2D eigenvalue weighted by Gasteiger charge is 2.21. The van der Waals surface area contributed by atoms with Crippen LogP contribution in [0.1, 0.15) is 61.3 Å². The number of nitrogens with one attached hydrogen (secondary N) is 1. The van der Waals surface area contributed by atoms with Crippen LogP contribution in [0.4, 0.5) is 0 Å². The quantitative estimate of drug-likeness (QED) is 0.660. The Kier molecular flexibility index (Phi) is 6.60. The van der Waals surface area contributed by atoms with E-state index in [0.29, 0.717) is 18.5 Å². The molecule has 7 nitrogen and oxygen atoms in total. The van der Waals surface area contributed by atoms with Crippen molar-refractivity contribution >= 4 is 22.8 Å². The Morgan fingerprint density at radius 3 is 2.48 bits per heavy atom. The fraction of sp³-hybridized carbons (Fsp3) is 0.417. The van der Waals surface area contributed by atoms with Crippen LogP contribution in [0.25, 0.3) is 11.0 Å². The molecule has 1 N–H and O–H groups in total. The number of aromatic nitrogens is 3. The Morgan fingerprint density at radius 1 is 1.03 bits per heavy atom. The first kappa shape index (κ1) is 21.0. The highest BCUT2D eigenvalue weighted by Crippen LogP contribution is 2.22. The molecule has 2 aromatic heterocycles. The van der Waals surface area contributed by atoms with Crippen LogP contribution in [0.15, 0.2) is 48.8 Å². The van der Waals surface area contributed by atoms with Gasteiger partial charge in [0.1, 0.15) is 5.82 Å². The van der Waals surface area contributed by atoms with Gasteiger partial charge in [-0.1, -0.05) is 25.0 Å². The number of para-hydroxylation sites is 2. The predicted octanol–water partition coefficient (Wildman–Crippen LogP) is 3.72. The lowest BCUT2D eigenvalue weighted by atomic mass is 10.2. The molecule has 3 aromatic rings. The van der Waals surface area contributed by atoms with Crippen molar-refractivity contribution in [3.63, 3.8) is 0 Å². The maximum Gasteiger partial charge on any atom is 0.251 e. The van der Waals surface area contributed by atoms with E-state index in [4.69, 9.17) is 4.98 Å². The van der Waals surface area contributed by atoms with Gasteiger partial charge in [0, 0.05) is 44.0 Å². The molecule has 162 valence electrons. The molecule has 0 bridgehead atoms. The van der Waals surface area contributed by atoms with Gasteiger partial charge in [-0.3, -0.25) is 14.6 Å². The van der Waals surface area contributed by atoms with Crippen molar-refractivity contribution in [2.75, 3.05) is 13.1 Å². The molecule has 1 unspecified atom stereocenters. The number of likely N-dealkylation sites (tertiary alicyclic amines) is 1. The van der Waals surface area contributed by atoms with Crippen LogP contribution in [0.3, 0.4) is 0 Å². The van der Waals surface area contributed by atoms with E-state index in [1.807, 2.05) is 36.1 Å². The van der Waals surface area contributed by atoms with Gasteiger partial charge in [-0.05, 0) is 44.0 Å². The molecule has 2 amide bonds. The number of hydrogen-bond acceptors (Lipinski definition) is 4. The molecular formula is C24H29N5O2. The van der Waals surface area contributed by atoms with Crippen LogP contribution in [0.2, 0.25) is 0 Å². The Bertz CT molecular complexity index is 1040. The van der Waals surface area contributed by atoms with Crippen LogP contribution in [0, 0.1) is 0 Å². The fourth-order valence-electron chi connectivity index (χ4n) is 4.19. The summed E-state index contributed by atoms with van der Waals surface area (Å²) in [5, 5.41) is 3.03. The summed E-state index contributed by atoms with van der Waals surface area (Å²) in [7, 11) is 0. The normalized spacial score (nSPS) is 15.5. The Labute approximate surface area is 182 Å². The molecule has 31 heavy (non-hydrogen) atoms. The summed E-state index contributed by atoms with van der Waals surface area (Å²) in [6, 6.07) is 11.0. The zero-order valence-corrected chi connectivity index (χ0v) is 18.0. The minimum atomic E-state index is -0.304. The summed E-state index contributed by atoms with van der Waals surface area (Å²) in [6.07, 6.45) is 8.21. The van der Waals surface area contributed by atoms with Gasteiger partial charge in [-0.25, -0.2) is 4.98 Å². The molecule has 1 atom stereocenters. The van der Waals surface area contributed by atoms with E-state index in [1.54, 1.807) is 24.5 Å². The third-order valence-corrected chi connectivity index (χ3v) is 5.87. The molecule has 0 aliphatic carbocycles. The van der Waals surface area contributed by atoms with E-state index in [2.05, 4.69) is 14.9 Å². The number of hydrogen-bond donors (Lipinski definition) is 1. The van der Waals surface area contributed by atoms with E-state index >= 15 is 0 Å². The van der Waals surface area contributed by atoms with Crippen molar-refractivity contribution in [3.8, 4) is 0 Å². The van der Waals surface area contributed by atoms with Crippen molar-refractivity contribution in [1.82, 2.24) is 24.8 Å². The number of amides is 2. The maximum atomic E-state index is 12.8. The smallest absolute Gasteiger partial charge is 0.251 e. The van der Waals surface area contributed by atoms with E-state index in [0.717, 1.165) is 42.8 Å². The van der Waals surface area contributed by atoms with Crippen LogP contribution in [-0.2, 0) is 11.3 Å². The first-order valence-electron chi connectivity index (χ1n) is 11.1. The third-order valence-electron chi connectivity index (χ3n) is 5.87. The summed E-state index contributed by atoms with van der Waals surface area (Å²) >= 11 is 0. The topological polar surface area (TPSA) is 80.1 Å². The summed E-state index contributed by atoms with van der Waals surface area (Å²) in [5.41, 5.74) is 2.40. The van der Waals surface area contributed by atoms with Crippen LogP contribution in [-0.4, -0.2) is 44.3 Å². The molecule has 1 aromatic carbocycles. The van der Waals surface area contributed by atoms with Gasteiger partial charge >= 0.3 is 0 Å². The second kappa shape index (κ2) is 9.73. The van der Waals surface area contributed by atoms with Crippen LogP contribution < -0.4 is 5.32 Å². The molecule has 7 heteroatoms. The molecule has 0 saturated carbocycles. The lowest BCUT2D eigenvalue weighted by molar-refractivity contribution is -0.131. The van der Waals surface area contributed by atoms with E-state index in [9.17, 15) is 9.59 Å². The Balaban J connectivity index is 1.52. The summed E-state index contributed by atoms with van der Waals surface area (Å²) in [5.74, 6) is 0.778. The lowest BCUT2D eigenvalue weighted by Crippen LogP contribution is -2.33. The van der Waals surface area contributed by atoms with E-state index in [-0.39, 0.29) is 17.9 Å². The summed E-state index contributed by atoms with van der Waals surface area (Å²) < 4.78 is 2.07. The van der Waals surface area contributed by atoms with Crippen LogP contribution in [0.5, 0.6) is 0 Å². The van der Waals surface area contributed by atoms with Gasteiger partial charge in [-0.15, -0.1) is 0 Å². The zero-order valence-electron chi connectivity index (χ0n) is 18.0. The first-order chi connectivity index (χ1) is 15.1. The first-order valence-corrected chi connectivity index (χ1v) is 11.1. The highest BCUT2D eigenvalue weighted by atomic mass is 16.2. The number of pyridine rings is 1. The van der Waals surface area contributed by atoms with E-state index in [1.165, 1.54) is 12.8 Å². The molecule has 4 rings (SSSR count).